The molecule has 1 aromatic carbocycles. The Morgan fingerprint density at radius 2 is 1.89 bits per heavy atom. The molecule has 27 heavy (non-hydrogen) atoms. The van der Waals surface area contributed by atoms with Crippen molar-refractivity contribution in [3.05, 3.63) is 41.2 Å². The molecule has 146 valence electrons. The summed E-state index contributed by atoms with van der Waals surface area (Å²) in [5.74, 6) is 0.381. The fourth-order valence-corrected chi connectivity index (χ4v) is 2.90. The lowest BCUT2D eigenvalue weighted by atomic mass is 10.1. The topological polar surface area (TPSA) is 65.4 Å². The number of carbonyl (C=O) groups excluding carboxylic acids is 1. The molecule has 0 unspecified atom stereocenters. The van der Waals surface area contributed by atoms with Gasteiger partial charge in [-0.2, -0.15) is 18.3 Å². The van der Waals surface area contributed by atoms with Gasteiger partial charge in [-0.25, -0.2) is 0 Å². The van der Waals surface area contributed by atoms with Crippen molar-refractivity contribution in [2.45, 2.75) is 31.5 Å². The maximum atomic E-state index is 12.9. The molecule has 1 amide bonds. The Morgan fingerprint density at radius 3 is 2.41 bits per heavy atom. The first kappa shape index (κ1) is 19.1. The number of benzene rings is 1. The van der Waals surface area contributed by atoms with Crippen molar-refractivity contribution in [1.29, 1.82) is 0 Å². The maximum Gasteiger partial charge on any atom is 0.435 e. The van der Waals surface area contributed by atoms with Crippen LogP contribution in [0.4, 0.5) is 13.2 Å². The molecule has 1 aliphatic rings. The summed E-state index contributed by atoms with van der Waals surface area (Å²) in [7, 11) is 2.88. The van der Waals surface area contributed by atoms with Crippen LogP contribution in [0.2, 0.25) is 0 Å². The van der Waals surface area contributed by atoms with Crippen molar-refractivity contribution >= 4 is 5.91 Å². The van der Waals surface area contributed by atoms with E-state index in [1.54, 1.807) is 18.2 Å². The number of amides is 1. The molecule has 0 atom stereocenters. The monoisotopic (exact) mass is 383 g/mol. The zero-order valence-corrected chi connectivity index (χ0v) is 15.0. The molecular formula is C18H20F3N3O3. The lowest BCUT2D eigenvalue weighted by molar-refractivity contribution is -0.141. The SMILES string of the molecule is COc1cccc(OC)c1C(=O)NCCn1nc(C(F)(F)F)cc1C1CC1. The first-order chi connectivity index (χ1) is 12.8. The second-order valence-corrected chi connectivity index (χ2v) is 6.24. The molecule has 0 spiro atoms. The first-order valence-electron chi connectivity index (χ1n) is 8.49. The van der Waals surface area contributed by atoms with Crippen LogP contribution in [-0.4, -0.2) is 36.5 Å². The number of carbonyl (C=O) groups is 1. The summed E-state index contributed by atoms with van der Waals surface area (Å²) in [4.78, 5) is 12.5. The van der Waals surface area contributed by atoms with E-state index in [9.17, 15) is 18.0 Å². The van der Waals surface area contributed by atoms with Crippen LogP contribution in [0.25, 0.3) is 0 Å². The van der Waals surface area contributed by atoms with Crippen molar-refractivity contribution in [1.82, 2.24) is 15.1 Å². The van der Waals surface area contributed by atoms with Crippen molar-refractivity contribution in [3.8, 4) is 11.5 Å². The van der Waals surface area contributed by atoms with Gasteiger partial charge in [-0.15, -0.1) is 0 Å². The van der Waals surface area contributed by atoms with Crippen LogP contribution in [0.1, 0.15) is 40.5 Å². The van der Waals surface area contributed by atoms with Crippen molar-refractivity contribution in [2.24, 2.45) is 0 Å². The van der Waals surface area contributed by atoms with E-state index in [1.165, 1.54) is 18.9 Å². The number of ether oxygens (including phenoxy) is 2. The zero-order valence-electron chi connectivity index (χ0n) is 15.0. The molecule has 2 aromatic rings. The third-order valence-electron chi connectivity index (χ3n) is 4.36. The molecule has 1 fully saturated rings. The van der Waals surface area contributed by atoms with E-state index in [0.29, 0.717) is 17.2 Å². The molecule has 1 N–H and O–H groups in total. The standard InChI is InChI=1S/C18H20F3N3O3/c1-26-13-4-3-5-14(27-2)16(13)17(25)22-8-9-24-12(11-6-7-11)10-15(23-24)18(19,20)21/h3-5,10-11H,6-9H2,1-2H3,(H,22,25). The second-order valence-electron chi connectivity index (χ2n) is 6.24. The second kappa shape index (κ2) is 7.50. The van der Waals surface area contributed by atoms with Gasteiger partial charge in [0.25, 0.3) is 5.91 Å². The van der Waals surface area contributed by atoms with E-state index >= 15 is 0 Å². The molecule has 0 bridgehead atoms. The Morgan fingerprint density at radius 1 is 1.26 bits per heavy atom. The summed E-state index contributed by atoms with van der Waals surface area (Å²) in [5, 5.41) is 6.36. The third kappa shape index (κ3) is 4.17. The highest BCUT2D eigenvalue weighted by Crippen LogP contribution is 2.42. The molecule has 1 aliphatic carbocycles. The highest BCUT2D eigenvalue weighted by molar-refractivity contribution is 5.99. The van der Waals surface area contributed by atoms with Gasteiger partial charge in [0.1, 0.15) is 17.1 Å². The van der Waals surface area contributed by atoms with Crippen LogP contribution in [0.15, 0.2) is 24.3 Å². The van der Waals surface area contributed by atoms with Gasteiger partial charge in [-0.3, -0.25) is 9.48 Å². The average molecular weight is 383 g/mol. The fourth-order valence-electron chi connectivity index (χ4n) is 2.90. The minimum Gasteiger partial charge on any atom is -0.496 e. The molecule has 1 aromatic heterocycles. The van der Waals surface area contributed by atoms with Gasteiger partial charge in [0, 0.05) is 18.2 Å². The smallest absolute Gasteiger partial charge is 0.435 e. The Bertz CT molecular complexity index is 807. The highest BCUT2D eigenvalue weighted by Gasteiger charge is 2.37. The minimum atomic E-state index is -4.48. The summed E-state index contributed by atoms with van der Waals surface area (Å²) in [6.45, 7) is 0.268. The Hall–Kier alpha value is -2.71. The first-order valence-corrected chi connectivity index (χ1v) is 8.49. The van der Waals surface area contributed by atoms with Crippen molar-refractivity contribution in [2.75, 3.05) is 20.8 Å². The molecule has 0 radical (unpaired) electrons. The Kier molecular flexibility index (Phi) is 5.29. The fraction of sp³-hybridized carbons (Fsp3) is 0.444. The minimum absolute atomic E-state index is 0.110. The number of nitrogens with one attached hydrogen (secondary N) is 1. The maximum absolute atomic E-state index is 12.9. The highest BCUT2D eigenvalue weighted by atomic mass is 19.4. The number of hydrogen-bond acceptors (Lipinski definition) is 4. The summed E-state index contributed by atoms with van der Waals surface area (Å²) >= 11 is 0. The van der Waals surface area contributed by atoms with Crippen LogP contribution >= 0.6 is 0 Å². The zero-order chi connectivity index (χ0) is 19.6. The Balaban J connectivity index is 1.70. The van der Waals surface area contributed by atoms with Crippen molar-refractivity contribution in [3.63, 3.8) is 0 Å². The van der Waals surface area contributed by atoms with Gasteiger partial charge in [0.2, 0.25) is 0 Å². The van der Waals surface area contributed by atoms with Crippen LogP contribution in [0, 0.1) is 0 Å². The molecule has 1 heterocycles. The molecular weight excluding hydrogens is 363 g/mol. The van der Waals surface area contributed by atoms with E-state index in [-0.39, 0.29) is 24.6 Å². The normalized spacial score (nSPS) is 14.1. The predicted octanol–water partition coefficient (Wildman–Crippen LogP) is 3.23. The van der Waals surface area contributed by atoms with Crippen LogP contribution in [0.5, 0.6) is 11.5 Å². The van der Waals surface area contributed by atoms with Gasteiger partial charge in [-0.1, -0.05) is 6.07 Å². The number of alkyl halides is 3. The van der Waals surface area contributed by atoms with Gasteiger partial charge < -0.3 is 14.8 Å². The van der Waals surface area contributed by atoms with E-state index in [2.05, 4.69) is 10.4 Å². The molecule has 0 aliphatic heterocycles. The van der Waals surface area contributed by atoms with Crippen LogP contribution in [-0.2, 0) is 12.7 Å². The van der Waals surface area contributed by atoms with Crippen LogP contribution in [0.3, 0.4) is 0 Å². The molecule has 9 heteroatoms. The predicted molar refractivity (Wildman–Crippen MR) is 91.1 cm³/mol. The van der Waals surface area contributed by atoms with E-state index in [0.717, 1.165) is 18.9 Å². The average Bonchev–Trinajstić information content (AvgIpc) is 3.39. The number of methoxy groups -OCH3 is 2. The van der Waals surface area contributed by atoms with Gasteiger partial charge in [-0.05, 0) is 31.0 Å². The largest absolute Gasteiger partial charge is 0.496 e. The number of hydrogen-bond donors (Lipinski definition) is 1. The van der Waals surface area contributed by atoms with E-state index in [4.69, 9.17) is 9.47 Å². The van der Waals surface area contributed by atoms with Crippen molar-refractivity contribution < 1.29 is 27.4 Å². The number of aromatic nitrogens is 2. The summed E-state index contributed by atoms with van der Waals surface area (Å²) in [6, 6.07) is 6.05. The number of rotatable bonds is 7. The van der Waals surface area contributed by atoms with E-state index < -0.39 is 17.8 Å². The molecule has 1 saturated carbocycles. The van der Waals surface area contributed by atoms with Gasteiger partial charge in [0.05, 0.1) is 20.8 Å². The lowest BCUT2D eigenvalue weighted by Gasteiger charge is -2.13. The third-order valence-corrected chi connectivity index (χ3v) is 4.36. The van der Waals surface area contributed by atoms with Gasteiger partial charge in [0.15, 0.2) is 5.69 Å². The molecule has 6 nitrogen and oxygen atoms in total. The van der Waals surface area contributed by atoms with Gasteiger partial charge >= 0.3 is 6.18 Å². The van der Waals surface area contributed by atoms with E-state index in [1.807, 2.05) is 0 Å². The lowest BCUT2D eigenvalue weighted by Crippen LogP contribution is -2.28. The summed E-state index contributed by atoms with van der Waals surface area (Å²) < 4.78 is 50.5. The summed E-state index contributed by atoms with van der Waals surface area (Å²) in [5.41, 5.74) is -0.102. The summed E-state index contributed by atoms with van der Waals surface area (Å²) in [6.07, 6.45) is -2.77. The van der Waals surface area contributed by atoms with Crippen LogP contribution < -0.4 is 14.8 Å². The molecule has 0 saturated heterocycles. The quantitative estimate of drug-likeness (QED) is 0.797. The number of nitrogens with zero attached hydrogens (tertiary/aromatic N) is 2. The molecule has 3 rings (SSSR count). The Labute approximate surface area is 154 Å². The number of halogens is 3.